The van der Waals surface area contributed by atoms with E-state index in [1.807, 2.05) is 0 Å². The van der Waals surface area contributed by atoms with E-state index in [1.165, 1.54) is 25.3 Å². The molecule has 0 saturated heterocycles. The summed E-state index contributed by atoms with van der Waals surface area (Å²) in [5, 5.41) is 8.36. The van der Waals surface area contributed by atoms with Crippen molar-refractivity contribution in [2.24, 2.45) is 10.2 Å². The zero-order valence-electron chi connectivity index (χ0n) is 16.8. The average molecular weight is 474 g/mol. The van der Waals surface area contributed by atoms with E-state index >= 15 is 0 Å². The van der Waals surface area contributed by atoms with Crippen molar-refractivity contribution in [2.75, 3.05) is 12.8 Å². The van der Waals surface area contributed by atoms with Gasteiger partial charge in [-0.25, -0.2) is 0 Å². The summed E-state index contributed by atoms with van der Waals surface area (Å²) in [5.41, 5.74) is 7.71. The fourth-order valence-corrected chi connectivity index (χ4v) is 4.15. The molecule has 0 fully saturated rings. The number of azo groups is 1. The fourth-order valence-electron chi connectivity index (χ4n) is 2.81. The Hall–Kier alpha value is -2.06. The topological polar surface area (TPSA) is 169 Å². The molecule has 0 amide bonds. The molecule has 3 aromatic rings. The number of nitrogens with two attached hydrogens (primary N) is 1. The molecule has 0 radical (unpaired) electrons. The van der Waals surface area contributed by atoms with Gasteiger partial charge in [-0.2, -0.15) is 27.1 Å². The third-order valence-electron chi connectivity index (χ3n) is 4.27. The first kappa shape index (κ1) is 25.2. The van der Waals surface area contributed by atoms with Crippen LogP contribution in [0.2, 0.25) is 0 Å². The Morgan fingerprint density at radius 1 is 0.935 bits per heavy atom. The van der Waals surface area contributed by atoms with E-state index in [4.69, 9.17) is 10.5 Å². The van der Waals surface area contributed by atoms with E-state index in [2.05, 4.69) is 10.2 Å². The number of benzene rings is 3. The van der Waals surface area contributed by atoms with Gasteiger partial charge in [0.15, 0.2) is 0 Å². The second-order valence-corrected chi connectivity index (χ2v) is 9.17. The Bertz CT molecular complexity index is 1410. The van der Waals surface area contributed by atoms with Crippen LogP contribution in [0.1, 0.15) is 5.56 Å². The summed E-state index contributed by atoms with van der Waals surface area (Å²) in [7, 11) is -8.02. The van der Waals surface area contributed by atoms with E-state index in [0.717, 1.165) is 11.6 Å². The smallest absolute Gasteiger partial charge is 0.495 e. The van der Waals surface area contributed by atoms with E-state index in [9.17, 15) is 25.9 Å². The van der Waals surface area contributed by atoms with Gasteiger partial charge in [-0.05, 0) is 48.2 Å². The fraction of sp³-hybridized carbons (Fsp3) is 0.111. The minimum atomic E-state index is -4.79. The molecule has 0 bridgehead atoms. The van der Waals surface area contributed by atoms with Gasteiger partial charge in [0.25, 0.3) is 20.2 Å². The van der Waals surface area contributed by atoms with E-state index < -0.39 is 30.0 Å². The number of anilines is 1. The number of rotatable bonds is 5. The van der Waals surface area contributed by atoms with Gasteiger partial charge in [-0.3, -0.25) is 9.11 Å². The molecule has 0 spiro atoms. The second-order valence-electron chi connectivity index (χ2n) is 6.36. The van der Waals surface area contributed by atoms with Crippen molar-refractivity contribution >= 4 is 48.1 Å². The Morgan fingerprint density at radius 2 is 1.61 bits per heavy atom. The molecule has 0 aliphatic rings. The molecule has 10 nitrogen and oxygen atoms in total. The maximum Gasteiger partial charge on any atom is 1.00 e. The molecule has 3 aromatic carbocycles. The zero-order valence-corrected chi connectivity index (χ0v) is 20.4. The minimum Gasteiger partial charge on any atom is -0.495 e. The number of nitrogens with zero attached hydrogens (tertiary/aromatic N) is 2. The summed E-state index contributed by atoms with van der Waals surface area (Å²) in [5.74, 6) is 0.416. The molecule has 158 valence electrons. The summed E-state index contributed by atoms with van der Waals surface area (Å²) in [6.07, 6.45) is 0. The normalized spacial score (nSPS) is 12.1. The Balaban J connectivity index is 0.00000341. The minimum absolute atomic E-state index is 0. The maximum atomic E-state index is 11.8. The second kappa shape index (κ2) is 9.20. The van der Waals surface area contributed by atoms with Crippen molar-refractivity contribution in [3.63, 3.8) is 0 Å². The molecule has 0 aliphatic heterocycles. The van der Waals surface area contributed by atoms with Crippen LogP contribution >= 0.6 is 0 Å². The summed E-state index contributed by atoms with van der Waals surface area (Å²) < 4.78 is 70.3. The predicted octanol–water partition coefficient (Wildman–Crippen LogP) is 0.652. The monoisotopic (exact) mass is 474 g/mol. The number of fused-ring (bicyclic) bond motifs is 1. The van der Waals surface area contributed by atoms with Crippen LogP contribution in [0, 0.1) is 6.92 Å². The van der Waals surface area contributed by atoms with Crippen molar-refractivity contribution in [3.8, 4) is 5.75 Å². The van der Waals surface area contributed by atoms with Crippen molar-refractivity contribution < 1.29 is 60.2 Å². The van der Waals surface area contributed by atoms with Gasteiger partial charge < -0.3 is 10.5 Å². The van der Waals surface area contributed by atoms with Crippen LogP contribution in [0.25, 0.3) is 10.8 Å². The molecule has 13 heteroatoms. The molecule has 31 heavy (non-hydrogen) atoms. The molecule has 0 saturated carbocycles. The SMILES string of the molecule is COc1cc(N=Nc2ccc3cc(S(=O)(=O)O)cc(S(=O)(=O)O)c3c2)c(C)cc1N.[Na+]. The third-order valence-corrected chi connectivity index (χ3v) is 6.00. The van der Waals surface area contributed by atoms with Crippen molar-refractivity contribution in [1.82, 2.24) is 0 Å². The van der Waals surface area contributed by atoms with Crippen LogP contribution in [-0.4, -0.2) is 33.1 Å². The van der Waals surface area contributed by atoms with Gasteiger partial charge in [0.05, 0.1) is 29.1 Å². The number of hydrogen-bond acceptors (Lipinski definition) is 8. The van der Waals surface area contributed by atoms with E-state index in [1.54, 1.807) is 19.1 Å². The molecule has 0 atom stereocenters. The van der Waals surface area contributed by atoms with Crippen LogP contribution in [0.15, 0.2) is 62.5 Å². The van der Waals surface area contributed by atoms with Crippen LogP contribution in [-0.2, 0) is 20.2 Å². The summed E-state index contributed by atoms with van der Waals surface area (Å²) in [6.45, 7) is 1.78. The summed E-state index contributed by atoms with van der Waals surface area (Å²) in [6, 6.07) is 9.19. The largest absolute Gasteiger partial charge is 1.00 e. The number of nitrogen functional groups attached to an aromatic ring is 1. The Labute approximate surface area is 200 Å². The van der Waals surface area contributed by atoms with Gasteiger partial charge >= 0.3 is 29.6 Å². The first-order valence-corrected chi connectivity index (χ1v) is 11.2. The standard InChI is InChI=1S/C18H17N3O7S2.Na/c1-10-5-15(19)17(28-2)9-16(10)21-20-12-4-3-11-6-13(29(22,23)24)8-18(14(11)7-12)30(25,26)27;/h3-9H,19H2,1-2H3,(H,22,23,24)(H,25,26,27);/q;+1. The van der Waals surface area contributed by atoms with Gasteiger partial charge in [-0.15, -0.1) is 0 Å². The van der Waals surface area contributed by atoms with Gasteiger partial charge in [0, 0.05) is 11.5 Å². The average Bonchev–Trinajstić information content (AvgIpc) is 2.64. The number of methoxy groups -OCH3 is 1. The molecule has 0 heterocycles. The molecule has 0 aromatic heterocycles. The Morgan fingerprint density at radius 3 is 2.19 bits per heavy atom. The van der Waals surface area contributed by atoms with Crippen molar-refractivity contribution in [3.05, 3.63) is 48.0 Å². The number of hydrogen-bond donors (Lipinski definition) is 3. The van der Waals surface area contributed by atoms with Crippen LogP contribution in [0.4, 0.5) is 17.1 Å². The van der Waals surface area contributed by atoms with Gasteiger partial charge in [-0.1, -0.05) is 6.07 Å². The van der Waals surface area contributed by atoms with Crippen LogP contribution < -0.4 is 40.0 Å². The predicted molar refractivity (Wildman–Crippen MR) is 110 cm³/mol. The zero-order chi connectivity index (χ0) is 22.3. The van der Waals surface area contributed by atoms with Crippen LogP contribution in [0.3, 0.4) is 0 Å². The summed E-state index contributed by atoms with van der Waals surface area (Å²) in [4.78, 5) is -1.35. The molecular formula is C18H17N3NaO7S2+. The number of ether oxygens (including phenoxy) is 1. The first-order chi connectivity index (χ1) is 13.9. The van der Waals surface area contributed by atoms with Gasteiger partial charge in [0.1, 0.15) is 10.6 Å². The Kier molecular flexibility index (Phi) is 7.48. The van der Waals surface area contributed by atoms with E-state index in [0.29, 0.717) is 23.2 Å². The van der Waals surface area contributed by atoms with Crippen molar-refractivity contribution in [2.45, 2.75) is 16.7 Å². The molecule has 0 unspecified atom stereocenters. The maximum absolute atomic E-state index is 11.8. The quantitative estimate of drug-likeness (QED) is 0.210. The summed E-state index contributed by atoms with van der Waals surface area (Å²) >= 11 is 0. The van der Waals surface area contributed by atoms with E-state index in [-0.39, 0.29) is 46.0 Å². The molecular weight excluding hydrogens is 457 g/mol. The molecule has 3 rings (SSSR count). The van der Waals surface area contributed by atoms with Crippen molar-refractivity contribution in [1.29, 1.82) is 0 Å². The molecule has 4 N–H and O–H groups in total. The first-order valence-electron chi connectivity index (χ1n) is 8.29. The van der Waals surface area contributed by atoms with Gasteiger partial charge in [0.2, 0.25) is 0 Å². The number of aryl methyl sites for hydroxylation is 1. The third kappa shape index (κ3) is 5.60. The van der Waals surface area contributed by atoms with Crippen LogP contribution in [0.5, 0.6) is 5.75 Å². The molecule has 0 aliphatic carbocycles.